The average molecular weight is 251 g/mol. The zero-order chi connectivity index (χ0) is 12.4. The van der Waals surface area contributed by atoms with Gasteiger partial charge in [0.1, 0.15) is 11.2 Å². The van der Waals surface area contributed by atoms with E-state index in [0.29, 0.717) is 16.4 Å². The zero-order valence-corrected chi connectivity index (χ0v) is 10.4. The van der Waals surface area contributed by atoms with E-state index in [1.54, 1.807) is 22.3 Å². The van der Waals surface area contributed by atoms with Crippen molar-refractivity contribution in [2.24, 2.45) is 7.05 Å². The molecular weight excluding hydrogens is 238 g/mol. The van der Waals surface area contributed by atoms with Crippen LogP contribution >= 0.6 is 11.3 Å². The largest absolute Gasteiger partial charge is 0.397 e. The second-order valence-electron chi connectivity index (χ2n) is 3.70. The molecule has 3 N–H and O–H groups in total. The minimum Gasteiger partial charge on any atom is -0.397 e. The normalized spacial score (nSPS) is 12.4. The first-order valence-electron chi connectivity index (χ1n) is 5.07. The molecule has 0 fully saturated rings. The lowest BCUT2D eigenvalue weighted by Crippen LogP contribution is -2.28. The maximum absolute atomic E-state index is 11.9. The van der Waals surface area contributed by atoms with Gasteiger partial charge in [-0.1, -0.05) is 0 Å². The summed E-state index contributed by atoms with van der Waals surface area (Å²) in [6.45, 7) is 1.85. The lowest BCUT2D eigenvalue weighted by atomic mass is 10.3. The van der Waals surface area contributed by atoms with E-state index in [1.165, 1.54) is 11.3 Å². The SMILES string of the molecule is CC(NC(=O)c1sccc1N)c1nncn1C. The van der Waals surface area contributed by atoms with Crippen LogP contribution in [0.2, 0.25) is 0 Å². The van der Waals surface area contributed by atoms with Crippen LogP contribution < -0.4 is 11.1 Å². The second kappa shape index (κ2) is 4.54. The number of amides is 1. The topological polar surface area (TPSA) is 85.8 Å². The standard InChI is InChI=1S/C10H13N5OS/c1-6(9-14-12-5-15(9)2)13-10(16)8-7(11)3-4-17-8/h3-6H,11H2,1-2H3,(H,13,16). The number of carbonyl (C=O) groups is 1. The van der Waals surface area contributed by atoms with Crippen molar-refractivity contribution in [1.29, 1.82) is 0 Å². The molecule has 0 spiro atoms. The van der Waals surface area contributed by atoms with E-state index in [0.717, 1.165) is 0 Å². The fourth-order valence-corrected chi connectivity index (χ4v) is 2.24. The first kappa shape index (κ1) is 11.6. The van der Waals surface area contributed by atoms with Crippen molar-refractivity contribution < 1.29 is 4.79 Å². The van der Waals surface area contributed by atoms with E-state index in [4.69, 9.17) is 5.73 Å². The van der Waals surface area contributed by atoms with Crippen LogP contribution in [0.5, 0.6) is 0 Å². The number of aryl methyl sites for hydroxylation is 1. The summed E-state index contributed by atoms with van der Waals surface area (Å²) in [6, 6.07) is 1.50. The lowest BCUT2D eigenvalue weighted by molar-refractivity contribution is 0.0942. The summed E-state index contributed by atoms with van der Waals surface area (Å²) >= 11 is 1.32. The number of thiophene rings is 1. The number of rotatable bonds is 3. The van der Waals surface area contributed by atoms with E-state index in [-0.39, 0.29) is 11.9 Å². The van der Waals surface area contributed by atoms with Crippen LogP contribution in [0.1, 0.15) is 28.5 Å². The van der Waals surface area contributed by atoms with Crippen molar-refractivity contribution in [3.8, 4) is 0 Å². The third kappa shape index (κ3) is 2.28. The Labute approximate surface area is 102 Å². The van der Waals surface area contributed by atoms with Crippen molar-refractivity contribution >= 4 is 22.9 Å². The summed E-state index contributed by atoms with van der Waals surface area (Å²) < 4.78 is 1.77. The molecule has 0 aliphatic rings. The molecule has 0 radical (unpaired) electrons. The van der Waals surface area contributed by atoms with Gasteiger partial charge in [0.05, 0.1) is 11.7 Å². The van der Waals surface area contributed by atoms with Crippen molar-refractivity contribution in [2.45, 2.75) is 13.0 Å². The summed E-state index contributed by atoms with van der Waals surface area (Å²) in [6.07, 6.45) is 1.59. The average Bonchev–Trinajstić information content (AvgIpc) is 2.86. The Morgan fingerprint density at radius 1 is 1.65 bits per heavy atom. The first-order valence-corrected chi connectivity index (χ1v) is 5.95. The Balaban J connectivity index is 2.10. The third-order valence-electron chi connectivity index (χ3n) is 2.38. The minimum absolute atomic E-state index is 0.187. The van der Waals surface area contributed by atoms with Crippen LogP contribution in [0, 0.1) is 0 Å². The number of anilines is 1. The highest BCUT2D eigenvalue weighted by Gasteiger charge is 2.17. The quantitative estimate of drug-likeness (QED) is 0.850. The molecule has 0 aromatic carbocycles. The van der Waals surface area contributed by atoms with Crippen LogP contribution in [0.15, 0.2) is 17.8 Å². The highest BCUT2D eigenvalue weighted by molar-refractivity contribution is 7.12. The fraction of sp³-hybridized carbons (Fsp3) is 0.300. The molecule has 2 aromatic rings. The van der Waals surface area contributed by atoms with E-state index in [2.05, 4.69) is 15.5 Å². The molecule has 0 aliphatic heterocycles. The Kier molecular flexibility index (Phi) is 3.10. The van der Waals surface area contributed by atoms with Crippen LogP contribution in [0.25, 0.3) is 0 Å². The smallest absolute Gasteiger partial charge is 0.264 e. The summed E-state index contributed by atoms with van der Waals surface area (Å²) in [4.78, 5) is 12.4. The van der Waals surface area contributed by atoms with Gasteiger partial charge in [-0.05, 0) is 18.4 Å². The molecule has 0 saturated heterocycles. The number of nitrogen functional groups attached to an aromatic ring is 1. The van der Waals surface area contributed by atoms with Crippen LogP contribution in [0.4, 0.5) is 5.69 Å². The number of nitrogens with one attached hydrogen (secondary N) is 1. The molecule has 0 saturated carbocycles. The number of hydrogen-bond donors (Lipinski definition) is 2. The third-order valence-corrected chi connectivity index (χ3v) is 3.31. The minimum atomic E-state index is -0.212. The summed E-state index contributed by atoms with van der Waals surface area (Å²) in [5.74, 6) is 0.515. The van der Waals surface area contributed by atoms with Gasteiger partial charge >= 0.3 is 0 Å². The molecular formula is C10H13N5OS. The molecule has 0 bridgehead atoms. The van der Waals surface area contributed by atoms with Gasteiger partial charge in [0.25, 0.3) is 5.91 Å². The monoisotopic (exact) mass is 251 g/mol. The molecule has 2 rings (SSSR count). The number of hydrogen-bond acceptors (Lipinski definition) is 5. The van der Waals surface area contributed by atoms with Gasteiger partial charge in [0, 0.05) is 7.05 Å². The highest BCUT2D eigenvalue weighted by atomic mass is 32.1. The summed E-state index contributed by atoms with van der Waals surface area (Å²) in [5, 5.41) is 12.3. The molecule has 6 nitrogen and oxygen atoms in total. The van der Waals surface area contributed by atoms with Gasteiger partial charge in [-0.15, -0.1) is 21.5 Å². The molecule has 2 aromatic heterocycles. The Morgan fingerprint density at radius 3 is 2.94 bits per heavy atom. The van der Waals surface area contributed by atoms with Gasteiger partial charge in [-0.3, -0.25) is 4.79 Å². The van der Waals surface area contributed by atoms with Crippen LogP contribution in [0.3, 0.4) is 0 Å². The van der Waals surface area contributed by atoms with Gasteiger partial charge in [0.15, 0.2) is 5.82 Å². The molecule has 90 valence electrons. The van der Waals surface area contributed by atoms with E-state index < -0.39 is 0 Å². The van der Waals surface area contributed by atoms with Gasteiger partial charge in [-0.2, -0.15) is 0 Å². The predicted molar refractivity (Wildman–Crippen MR) is 65.6 cm³/mol. The molecule has 0 aliphatic carbocycles. The molecule has 1 unspecified atom stereocenters. The Hall–Kier alpha value is -1.89. The lowest BCUT2D eigenvalue weighted by Gasteiger charge is -2.12. The number of nitrogens with two attached hydrogens (primary N) is 1. The number of nitrogens with zero attached hydrogens (tertiary/aromatic N) is 3. The van der Waals surface area contributed by atoms with Crippen LogP contribution in [-0.4, -0.2) is 20.7 Å². The summed E-state index contributed by atoms with van der Waals surface area (Å²) in [7, 11) is 1.83. The predicted octanol–water partition coefficient (Wildman–Crippen LogP) is 0.950. The van der Waals surface area contributed by atoms with Crippen molar-refractivity contribution in [3.05, 3.63) is 28.5 Å². The van der Waals surface area contributed by atoms with Crippen molar-refractivity contribution in [1.82, 2.24) is 20.1 Å². The Bertz CT molecular complexity index is 532. The number of carbonyl (C=O) groups excluding carboxylic acids is 1. The van der Waals surface area contributed by atoms with Gasteiger partial charge < -0.3 is 15.6 Å². The molecule has 7 heteroatoms. The summed E-state index contributed by atoms with van der Waals surface area (Å²) in [5.41, 5.74) is 6.18. The molecule has 17 heavy (non-hydrogen) atoms. The van der Waals surface area contributed by atoms with E-state index in [1.807, 2.05) is 14.0 Å². The maximum atomic E-state index is 11.9. The fourth-order valence-electron chi connectivity index (χ4n) is 1.51. The highest BCUT2D eigenvalue weighted by Crippen LogP contribution is 2.19. The van der Waals surface area contributed by atoms with Crippen molar-refractivity contribution in [3.63, 3.8) is 0 Å². The second-order valence-corrected chi connectivity index (χ2v) is 4.62. The van der Waals surface area contributed by atoms with Crippen LogP contribution in [-0.2, 0) is 7.05 Å². The maximum Gasteiger partial charge on any atom is 0.264 e. The molecule has 2 heterocycles. The van der Waals surface area contributed by atoms with Crippen molar-refractivity contribution in [2.75, 3.05) is 5.73 Å². The van der Waals surface area contributed by atoms with Gasteiger partial charge in [-0.25, -0.2) is 0 Å². The Morgan fingerprint density at radius 2 is 2.41 bits per heavy atom. The molecule has 1 atom stereocenters. The number of aromatic nitrogens is 3. The first-order chi connectivity index (χ1) is 8.09. The van der Waals surface area contributed by atoms with E-state index in [9.17, 15) is 4.79 Å². The van der Waals surface area contributed by atoms with Gasteiger partial charge in [0.2, 0.25) is 0 Å². The van der Waals surface area contributed by atoms with E-state index >= 15 is 0 Å². The zero-order valence-electron chi connectivity index (χ0n) is 9.54. The molecule has 1 amide bonds.